The molecule has 1 aliphatic rings. The summed E-state index contributed by atoms with van der Waals surface area (Å²) >= 11 is 5.91. The van der Waals surface area contributed by atoms with E-state index < -0.39 is 0 Å². The first-order valence-electron chi connectivity index (χ1n) is 5.53. The van der Waals surface area contributed by atoms with Gasteiger partial charge in [-0.25, -0.2) is 9.67 Å². The molecule has 1 aliphatic carbocycles. The summed E-state index contributed by atoms with van der Waals surface area (Å²) in [6.07, 6.45) is 4.86. The topological polar surface area (TPSA) is 42.7 Å². The van der Waals surface area contributed by atoms with Crippen molar-refractivity contribution in [2.75, 3.05) is 0 Å². The van der Waals surface area contributed by atoms with Crippen molar-refractivity contribution in [3.63, 3.8) is 0 Å². The van der Waals surface area contributed by atoms with Crippen LogP contribution >= 0.6 is 11.6 Å². The molecule has 0 unspecified atom stereocenters. The summed E-state index contributed by atoms with van der Waals surface area (Å²) < 4.78 is 1.96. The number of aryl methyl sites for hydroxylation is 1. The summed E-state index contributed by atoms with van der Waals surface area (Å²) in [5.74, 6) is 1.02. The van der Waals surface area contributed by atoms with Crippen LogP contribution in [0.4, 0.5) is 0 Å². The average Bonchev–Trinajstić information content (AvgIpc) is 2.59. The fourth-order valence-corrected chi connectivity index (χ4v) is 2.20. The Hall–Kier alpha value is -0.610. The Morgan fingerprint density at radius 3 is 3.07 bits per heavy atom. The van der Waals surface area contributed by atoms with Crippen LogP contribution in [0.15, 0.2) is 6.33 Å². The molecule has 84 valence electrons. The summed E-state index contributed by atoms with van der Waals surface area (Å²) in [6, 6.07) is 0.569. The van der Waals surface area contributed by atoms with Crippen LogP contribution in [0.3, 0.4) is 0 Å². The van der Waals surface area contributed by atoms with E-state index in [1.54, 1.807) is 6.33 Å². The highest BCUT2D eigenvalue weighted by molar-refractivity contribution is 6.21. The lowest BCUT2D eigenvalue weighted by Gasteiger charge is -2.31. The first kappa shape index (κ1) is 10.9. The molecule has 1 fully saturated rings. The minimum Gasteiger partial charge on any atom is -0.307 e. The van der Waals surface area contributed by atoms with Crippen molar-refractivity contribution in [1.82, 2.24) is 20.1 Å². The smallest absolute Gasteiger partial charge is 0.140 e. The molecule has 0 saturated heterocycles. The number of nitrogens with zero attached hydrogens (tertiary/aromatic N) is 3. The third-order valence-electron chi connectivity index (χ3n) is 2.76. The second kappa shape index (κ2) is 4.94. The predicted octanol–water partition coefficient (Wildman–Crippen LogP) is 1.55. The van der Waals surface area contributed by atoms with Crippen LogP contribution in [-0.2, 0) is 13.1 Å². The van der Waals surface area contributed by atoms with E-state index in [0.29, 0.717) is 11.4 Å². The maximum absolute atomic E-state index is 5.91. The van der Waals surface area contributed by atoms with Crippen LogP contribution in [-0.4, -0.2) is 26.2 Å². The van der Waals surface area contributed by atoms with Gasteiger partial charge in [0.25, 0.3) is 0 Å². The van der Waals surface area contributed by atoms with E-state index in [9.17, 15) is 0 Å². The molecule has 0 aromatic carbocycles. The minimum absolute atomic E-state index is 0.371. The van der Waals surface area contributed by atoms with Gasteiger partial charge in [-0.2, -0.15) is 5.10 Å². The van der Waals surface area contributed by atoms with E-state index in [0.717, 1.165) is 38.2 Å². The monoisotopic (exact) mass is 228 g/mol. The summed E-state index contributed by atoms with van der Waals surface area (Å²) in [5.41, 5.74) is 0. The second-order valence-electron chi connectivity index (χ2n) is 4.05. The highest BCUT2D eigenvalue weighted by Crippen LogP contribution is 2.25. The maximum Gasteiger partial charge on any atom is 0.140 e. The molecule has 1 N–H and O–H groups in total. The van der Waals surface area contributed by atoms with Crippen LogP contribution in [0.5, 0.6) is 0 Å². The highest BCUT2D eigenvalue weighted by Gasteiger charge is 2.26. The molecule has 0 amide bonds. The Morgan fingerprint density at radius 1 is 1.60 bits per heavy atom. The van der Waals surface area contributed by atoms with Gasteiger partial charge >= 0.3 is 0 Å². The van der Waals surface area contributed by atoms with Crippen LogP contribution in [0.1, 0.15) is 32.0 Å². The van der Waals surface area contributed by atoms with Crippen molar-refractivity contribution in [3.05, 3.63) is 12.2 Å². The van der Waals surface area contributed by atoms with Crippen LogP contribution in [0.2, 0.25) is 0 Å². The van der Waals surface area contributed by atoms with E-state index in [1.807, 2.05) is 4.68 Å². The molecule has 2 rings (SSSR count). The average molecular weight is 229 g/mol. The lowest BCUT2D eigenvalue weighted by Crippen LogP contribution is -2.41. The summed E-state index contributed by atoms with van der Waals surface area (Å²) in [5, 5.41) is 8.00. The van der Waals surface area contributed by atoms with Gasteiger partial charge in [0.2, 0.25) is 0 Å². The number of nitrogens with one attached hydrogen (secondary N) is 1. The third-order valence-corrected chi connectivity index (χ3v) is 3.12. The molecule has 0 bridgehead atoms. The first-order valence-corrected chi connectivity index (χ1v) is 5.97. The van der Waals surface area contributed by atoms with Gasteiger partial charge in [0.05, 0.1) is 6.54 Å². The number of hydrogen-bond acceptors (Lipinski definition) is 3. The van der Waals surface area contributed by atoms with Crippen molar-refractivity contribution < 1.29 is 0 Å². The van der Waals surface area contributed by atoms with Gasteiger partial charge in [0.1, 0.15) is 12.2 Å². The molecule has 1 aromatic rings. The second-order valence-corrected chi connectivity index (χ2v) is 4.66. The van der Waals surface area contributed by atoms with Gasteiger partial charge in [0, 0.05) is 18.0 Å². The number of alkyl halides is 1. The zero-order chi connectivity index (χ0) is 10.7. The Bertz CT molecular complexity index is 306. The molecule has 0 aliphatic heterocycles. The minimum atomic E-state index is 0.371. The number of rotatable bonds is 5. The molecule has 15 heavy (non-hydrogen) atoms. The zero-order valence-electron chi connectivity index (χ0n) is 8.99. The third kappa shape index (κ3) is 2.69. The molecular weight excluding hydrogens is 212 g/mol. The molecule has 0 spiro atoms. The Kier molecular flexibility index (Phi) is 3.59. The predicted molar refractivity (Wildman–Crippen MR) is 59.8 cm³/mol. The lowest BCUT2D eigenvalue weighted by molar-refractivity contribution is 0.338. The summed E-state index contributed by atoms with van der Waals surface area (Å²) in [7, 11) is 0. The fraction of sp³-hybridized carbons (Fsp3) is 0.800. The van der Waals surface area contributed by atoms with E-state index in [4.69, 9.17) is 11.6 Å². The molecule has 4 nitrogen and oxygen atoms in total. The van der Waals surface area contributed by atoms with Crippen molar-refractivity contribution in [1.29, 1.82) is 0 Å². The molecule has 5 heteroatoms. The molecule has 0 radical (unpaired) electrons. The van der Waals surface area contributed by atoms with Crippen molar-refractivity contribution in [2.24, 2.45) is 0 Å². The van der Waals surface area contributed by atoms with Crippen LogP contribution in [0.25, 0.3) is 0 Å². The van der Waals surface area contributed by atoms with Gasteiger partial charge in [-0.15, -0.1) is 11.6 Å². The van der Waals surface area contributed by atoms with Crippen LogP contribution in [0, 0.1) is 0 Å². The van der Waals surface area contributed by atoms with E-state index >= 15 is 0 Å². The normalized spacial score (nSPS) is 25.2. The standard InChI is InChI=1S/C10H17ClN4/c1-2-3-15-10(13-7-14-15)6-12-9-4-8(11)5-9/h7-9,12H,2-6H2,1H3. The quantitative estimate of drug-likeness (QED) is 0.778. The SMILES string of the molecule is CCCn1ncnc1CNC1CC(Cl)C1. The number of hydrogen-bond donors (Lipinski definition) is 1. The van der Waals surface area contributed by atoms with Gasteiger partial charge in [-0.1, -0.05) is 6.92 Å². The van der Waals surface area contributed by atoms with Gasteiger partial charge in [-0.05, 0) is 19.3 Å². The van der Waals surface area contributed by atoms with Crippen molar-refractivity contribution in [3.8, 4) is 0 Å². The Balaban J connectivity index is 1.79. The molecular formula is C10H17ClN4. The van der Waals surface area contributed by atoms with Crippen LogP contribution < -0.4 is 5.32 Å². The van der Waals surface area contributed by atoms with E-state index in [1.165, 1.54) is 0 Å². The zero-order valence-corrected chi connectivity index (χ0v) is 9.74. The molecule has 1 heterocycles. The summed E-state index contributed by atoms with van der Waals surface area (Å²) in [4.78, 5) is 4.24. The van der Waals surface area contributed by atoms with Crippen molar-refractivity contribution in [2.45, 2.75) is 50.7 Å². The van der Waals surface area contributed by atoms with Gasteiger partial charge < -0.3 is 5.32 Å². The highest BCUT2D eigenvalue weighted by atomic mass is 35.5. The van der Waals surface area contributed by atoms with Crippen molar-refractivity contribution >= 4 is 11.6 Å². The lowest BCUT2D eigenvalue weighted by atomic mass is 9.92. The summed E-state index contributed by atoms with van der Waals surface area (Å²) in [6.45, 7) is 3.89. The number of aromatic nitrogens is 3. The van der Waals surface area contributed by atoms with E-state index in [-0.39, 0.29) is 0 Å². The fourth-order valence-electron chi connectivity index (χ4n) is 1.77. The molecule has 1 aromatic heterocycles. The Labute approximate surface area is 95.0 Å². The number of halogens is 1. The van der Waals surface area contributed by atoms with Gasteiger partial charge in [0.15, 0.2) is 0 Å². The molecule has 0 atom stereocenters. The largest absolute Gasteiger partial charge is 0.307 e. The maximum atomic E-state index is 5.91. The molecule has 1 saturated carbocycles. The Morgan fingerprint density at radius 2 is 2.40 bits per heavy atom. The first-order chi connectivity index (χ1) is 7.29. The van der Waals surface area contributed by atoms with Gasteiger partial charge in [-0.3, -0.25) is 0 Å². The van der Waals surface area contributed by atoms with E-state index in [2.05, 4.69) is 22.3 Å².